The molecule has 1 aliphatic rings. The number of methoxy groups -OCH3 is 1. The summed E-state index contributed by atoms with van der Waals surface area (Å²) in [6, 6.07) is 8.71. The van der Waals surface area contributed by atoms with Crippen LogP contribution in [0.3, 0.4) is 0 Å². The Morgan fingerprint density at radius 3 is 2.82 bits per heavy atom. The van der Waals surface area contributed by atoms with Gasteiger partial charge in [-0.1, -0.05) is 12.1 Å². The van der Waals surface area contributed by atoms with Crippen LogP contribution in [0.25, 0.3) is 0 Å². The van der Waals surface area contributed by atoms with Gasteiger partial charge < -0.3 is 15.8 Å². The number of piperazine rings is 1. The molecule has 17 heavy (non-hydrogen) atoms. The van der Waals surface area contributed by atoms with Crippen molar-refractivity contribution in [1.82, 2.24) is 10.2 Å². The molecule has 3 N–H and O–H groups in total. The van der Waals surface area contributed by atoms with Crippen molar-refractivity contribution in [2.45, 2.75) is 12.6 Å². The zero-order chi connectivity index (χ0) is 12.1. The molecule has 1 unspecified atom stereocenters. The van der Waals surface area contributed by atoms with Crippen molar-refractivity contribution in [1.29, 1.82) is 0 Å². The van der Waals surface area contributed by atoms with Gasteiger partial charge in [-0.25, -0.2) is 0 Å². The summed E-state index contributed by atoms with van der Waals surface area (Å²) in [6.07, 6.45) is 0. The molecule has 0 aromatic heterocycles. The van der Waals surface area contributed by atoms with E-state index in [1.54, 1.807) is 7.11 Å². The van der Waals surface area contributed by atoms with Crippen molar-refractivity contribution in [3.63, 3.8) is 0 Å². The molecule has 1 aromatic carbocycles. The normalized spacial score (nSPS) is 21.4. The molecule has 1 saturated heterocycles. The summed E-state index contributed by atoms with van der Waals surface area (Å²) in [5.74, 6) is 0.907. The van der Waals surface area contributed by atoms with Gasteiger partial charge in [-0.05, 0) is 17.7 Å². The predicted octanol–water partition coefficient (Wildman–Crippen LogP) is 0.428. The molecular weight excluding hydrogens is 214 g/mol. The molecule has 2 rings (SSSR count). The Kier molecular flexibility index (Phi) is 4.36. The SMILES string of the molecule is COc1ccc(CN2CCNCC2CN)cc1. The Morgan fingerprint density at radius 2 is 2.18 bits per heavy atom. The number of nitrogens with two attached hydrogens (primary N) is 1. The summed E-state index contributed by atoms with van der Waals surface area (Å²) in [5.41, 5.74) is 7.10. The molecule has 1 aromatic rings. The van der Waals surface area contributed by atoms with Crippen LogP contribution in [-0.2, 0) is 6.54 Å². The average molecular weight is 235 g/mol. The van der Waals surface area contributed by atoms with Gasteiger partial charge in [-0.15, -0.1) is 0 Å². The molecule has 0 aliphatic carbocycles. The fourth-order valence-corrected chi connectivity index (χ4v) is 2.21. The van der Waals surface area contributed by atoms with Gasteiger partial charge in [0.1, 0.15) is 5.75 Å². The minimum absolute atomic E-state index is 0.450. The number of ether oxygens (including phenoxy) is 1. The van der Waals surface area contributed by atoms with E-state index in [1.807, 2.05) is 12.1 Å². The largest absolute Gasteiger partial charge is 0.497 e. The molecule has 1 atom stereocenters. The summed E-state index contributed by atoms with van der Waals surface area (Å²) in [5, 5.41) is 3.38. The topological polar surface area (TPSA) is 50.5 Å². The highest BCUT2D eigenvalue weighted by molar-refractivity contribution is 5.27. The predicted molar refractivity (Wildman–Crippen MR) is 69.1 cm³/mol. The minimum Gasteiger partial charge on any atom is -0.497 e. The Labute approximate surface area is 103 Å². The zero-order valence-electron chi connectivity index (χ0n) is 10.4. The summed E-state index contributed by atoms with van der Waals surface area (Å²) in [7, 11) is 1.69. The quantitative estimate of drug-likeness (QED) is 0.794. The number of benzene rings is 1. The lowest BCUT2D eigenvalue weighted by Gasteiger charge is -2.35. The van der Waals surface area contributed by atoms with Crippen LogP contribution in [0.15, 0.2) is 24.3 Å². The number of nitrogens with one attached hydrogen (secondary N) is 1. The van der Waals surface area contributed by atoms with Crippen LogP contribution in [0, 0.1) is 0 Å². The lowest BCUT2D eigenvalue weighted by atomic mass is 10.1. The number of hydrogen-bond donors (Lipinski definition) is 2. The molecule has 1 aliphatic heterocycles. The van der Waals surface area contributed by atoms with Gasteiger partial charge >= 0.3 is 0 Å². The molecule has 0 radical (unpaired) electrons. The summed E-state index contributed by atoms with van der Waals surface area (Å²) >= 11 is 0. The Morgan fingerprint density at radius 1 is 1.41 bits per heavy atom. The van der Waals surface area contributed by atoms with Crippen LogP contribution in [0.5, 0.6) is 5.75 Å². The molecule has 1 fully saturated rings. The van der Waals surface area contributed by atoms with Gasteiger partial charge in [0.05, 0.1) is 7.11 Å². The highest BCUT2D eigenvalue weighted by Crippen LogP contribution is 2.14. The van der Waals surface area contributed by atoms with E-state index in [9.17, 15) is 0 Å². The molecule has 4 nitrogen and oxygen atoms in total. The molecule has 0 saturated carbocycles. The van der Waals surface area contributed by atoms with Gasteiger partial charge in [0.15, 0.2) is 0 Å². The van der Waals surface area contributed by atoms with Crippen LogP contribution in [0.1, 0.15) is 5.56 Å². The maximum atomic E-state index is 5.79. The van der Waals surface area contributed by atoms with E-state index in [0.29, 0.717) is 12.6 Å². The molecule has 4 heteroatoms. The van der Waals surface area contributed by atoms with E-state index in [-0.39, 0.29) is 0 Å². The van der Waals surface area contributed by atoms with E-state index in [4.69, 9.17) is 10.5 Å². The Balaban J connectivity index is 1.98. The van der Waals surface area contributed by atoms with E-state index in [2.05, 4.69) is 22.3 Å². The van der Waals surface area contributed by atoms with Crippen LogP contribution < -0.4 is 15.8 Å². The number of nitrogens with zero attached hydrogens (tertiary/aromatic N) is 1. The lowest BCUT2D eigenvalue weighted by molar-refractivity contribution is 0.158. The van der Waals surface area contributed by atoms with Crippen molar-refractivity contribution < 1.29 is 4.74 Å². The van der Waals surface area contributed by atoms with Gasteiger partial charge in [-0.3, -0.25) is 4.90 Å². The molecule has 0 bridgehead atoms. The monoisotopic (exact) mass is 235 g/mol. The third-order valence-electron chi connectivity index (χ3n) is 3.29. The fourth-order valence-electron chi connectivity index (χ4n) is 2.21. The highest BCUT2D eigenvalue weighted by Gasteiger charge is 2.20. The van der Waals surface area contributed by atoms with Crippen molar-refractivity contribution in [3.8, 4) is 5.75 Å². The fraction of sp³-hybridized carbons (Fsp3) is 0.538. The first kappa shape index (κ1) is 12.4. The highest BCUT2D eigenvalue weighted by atomic mass is 16.5. The van der Waals surface area contributed by atoms with E-state index < -0.39 is 0 Å². The second-order valence-corrected chi connectivity index (χ2v) is 4.41. The summed E-state index contributed by atoms with van der Waals surface area (Å²) in [4.78, 5) is 2.44. The van der Waals surface area contributed by atoms with Crippen LogP contribution >= 0.6 is 0 Å². The van der Waals surface area contributed by atoms with Gasteiger partial charge in [0.2, 0.25) is 0 Å². The van der Waals surface area contributed by atoms with Crippen molar-refractivity contribution in [2.75, 3.05) is 33.3 Å². The zero-order valence-corrected chi connectivity index (χ0v) is 10.4. The van der Waals surface area contributed by atoms with Crippen molar-refractivity contribution in [3.05, 3.63) is 29.8 Å². The maximum absolute atomic E-state index is 5.79. The summed E-state index contributed by atoms with van der Waals surface area (Å²) < 4.78 is 5.16. The van der Waals surface area contributed by atoms with E-state index in [0.717, 1.165) is 31.9 Å². The van der Waals surface area contributed by atoms with Crippen molar-refractivity contribution in [2.24, 2.45) is 5.73 Å². The second kappa shape index (κ2) is 6.00. The van der Waals surface area contributed by atoms with Crippen LogP contribution in [0.2, 0.25) is 0 Å². The van der Waals surface area contributed by atoms with Gasteiger partial charge in [0, 0.05) is 38.8 Å². The average Bonchev–Trinajstić information content (AvgIpc) is 2.40. The van der Waals surface area contributed by atoms with Crippen LogP contribution in [-0.4, -0.2) is 44.2 Å². The first-order valence-corrected chi connectivity index (χ1v) is 6.11. The third kappa shape index (κ3) is 3.19. The van der Waals surface area contributed by atoms with Gasteiger partial charge in [0.25, 0.3) is 0 Å². The van der Waals surface area contributed by atoms with Crippen LogP contribution in [0.4, 0.5) is 0 Å². The lowest BCUT2D eigenvalue weighted by Crippen LogP contribution is -2.53. The first-order chi connectivity index (χ1) is 8.33. The van der Waals surface area contributed by atoms with E-state index in [1.165, 1.54) is 5.56 Å². The number of rotatable bonds is 4. The summed E-state index contributed by atoms with van der Waals surface area (Å²) in [6.45, 7) is 4.78. The van der Waals surface area contributed by atoms with Crippen molar-refractivity contribution >= 4 is 0 Å². The molecular formula is C13H21N3O. The maximum Gasteiger partial charge on any atom is 0.118 e. The second-order valence-electron chi connectivity index (χ2n) is 4.41. The Hall–Kier alpha value is -1.10. The molecule has 1 heterocycles. The molecule has 0 spiro atoms. The number of hydrogen-bond acceptors (Lipinski definition) is 4. The molecule has 0 amide bonds. The molecule has 94 valence electrons. The minimum atomic E-state index is 0.450. The Bertz CT molecular complexity index is 339. The standard InChI is InChI=1S/C13H21N3O/c1-17-13-4-2-11(3-5-13)10-16-7-6-15-9-12(16)8-14/h2-5,12,15H,6-10,14H2,1H3. The van der Waals surface area contributed by atoms with E-state index >= 15 is 0 Å². The smallest absolute Gasteiger partial charge is 0.118 e. The first-order valence-electron chi connectivity index (χ1n) is 6.11. The van der Waals surface area contributed by atoms with Gasteiger partial charge in [-0.2, -0.15) is 0 Å². The third-order valence-corrected chi connectivity index (χ3v) is 3.29.